The molecule has 1 rings (SSSR count). The summed E-state index contributed by atoms with van der Waals surface area (Å²) in [6.45, 7) is -0.494. The van der Waals surface area contributed by atoms with Gasteiger partial charge in [0.1, 0.15) is 0 Å². The topological polar surface area (TPSA) is 69.2 Å². The fourth-order valence-corrected chi connectivity index (χ4v) is 1.61. The molecule has 0 radical (unpaired) electrons. The maximum absolute atomic E-state index is 12.2. The average Bonchev–Trinajstić information content (AvgIpc) is 2.52. The van der Waals surface area contributed by atoms with Crippen LogP contribution in [0.1, 0.15) is 25.3 Å². The van der Waals surface area contributed by atoms with E-state index in [0.29, 0.717) is 12.1 Å². The lowest BCUT2D eigenvalue weighted by Crippen LogP contribution is -2.27. The Morgan fingerprint density at radius 1 is 1.39 bits per heavy atom. The van der Waals surface area contributed by atoms with Crippen molar-refractivity contribution in [2.75, 3.05) is 20.3 Å². The molecule has 0 heterocycles. The zero-order chi connectivity index (χ0) is 17.1. The third-order valence-corrected chi connectivity index (χ3v) is 2.73. The highest BCUT2D eigenvalue weighted by atomic mass is 19.3. The van der Waals surface area contributed by atoms with Crippen molar-refractivity contribution in [1.29, 1.82) is 0 Å². The fraction of sp³-hybridized carbons (Fsp3) is 0.467. The fourth-order valence-electron chi connectivity index (χ4n) is 1.61. The van der Waals surface area contributed by atoms with Crippen LogP contribution in [0.3, 0.4) is 0 Å². The molecule has 0 bridgehead atoms. The number of benzene rings is 1. The summed E-state index contributed by atoms with van der Waals surface area (Å²) in [4.78, 5) is 16.2. The Hall–Kier alpha value is -2.38. The third kappa shape index (κ3) is 7.44. The van der Waals surface area contributed by atoms with Crippen LogP contribution in [0.15, 0.2) is 23.4 Å². The minimum atomic E-state index is -2.93. The number of halogens is 2. The molecule has 0 aliphatic rings. The van der Waals surface area contributed by atoms with Gasteiger partial charge in [-0.15, -0.1) is 0 Å². The number of methoxy groups -OCH3 is 1. The first-order valence-corrected chi connectivity index (χ1v) is 7.11. The van der Waals surface area contributed by atoms with Crippen LogP contribution in [0.5, 0.6) is 11.5 Å². The number of hydrogen-bond acceptors (Lipinski definition) is 5. The van der Waals surface area contributed by atoms with Crippen LogP contribution in [-0.4, -0.2) is 39.0 Å². The molecular formula is C15H20F2N2O4. The maximum Gasteiger partial charge on any atom is 0.387 e. The molecule has 1 amide bonds. The molecule has 0 saturated heterocycles. The summed E-state index contributed by atoms with van der Waals surface area (Å²) in [6.07, 6.45) is 3.24. The van der Waals surface area contributed by atoms with E-state index in [-0.39, 0.29) is 24.0 Å². The maximum atomic E-state index is 12.2. The molecule has 0 atom stereocenters. The summed E-state index contributed by atoms with van der Waals surface area (Å²) in [5, 5.41) is 6.33. The SMILES string of the molecule is CCCCNC(=O)CON=Cc1ccc(OC(F)F)c(OC)c1. The second-order valence-electron chi connectivity index (χ2n) is 4.50. The van der Waals surface area contributed by atoms with Gasteiger partial charge < -0.3 is 19.6 Å². The van der Waals surface area contributed by atoms with Crippen LogP contribution in [0.25, 0.3) is 0 Å². The minimum Gasteiger partial charge on any atom is -0.493 e. The van der Waals surface area contributed by atoms with E-state index in [4.69, 9.17) is 9.57 Å². The van der Waals surface area contributed by atoms with E-state index in [0.717, 1.165) is 12.8 Å². The van der Waals surface area contributed by atoms with Crippen molar-refractivity contribution in [2.45, 2.75) is 26.4 Å². The number of carbonyl (C=O) groups is 1. The first kappa shape index (κ1) is 18.7. The Kier molecular flexibility index (Phi) is 8.41. The molecule has 128 valence electrons. The van der Waals surface area contributed by atoms with Gasteiger partial charge in [-0.3, -0.25) is 4.79 Å². The molecule has 0 fully saturated rings. The van der Waals surface area contributed by atoms with Crippen molar-refractivity contribution in [1.82, 2.24) is 5.32 Å². The van der Waals surface area contributed by atoms with Crippen LogP contribution < -0.4 is 14.8 Å². The number of rotatable bonds is 10. The summed E-state index contributed by atoms with van der Waals surface area (Å²) in [7, 11) is 1.34. The van der Waals surface area contributed by atoms with E-state index < -0.39 is 6.61 Å². The number of unbranched alkanes of at least 4 members (excludes halogenated alkanes) is 1. The van der Waals surface area contributed by atoms with Crippen LogP contribution in [-0.2, 0) is 9.63 Å². The summed E-state index contributed by atoms with van der Waals surface area (Å²) in [5.41, 5.74) is 0.551. The van der Waals surface area contributed by atoms with Gasteiger partial charge in [0.15, 0.2) is 18.1 Å². The zero-order valence-corrected chi connectivity index (χ0v) is 13.1. The van der Waals surface area contributed by atoms with Gasteiger partial charge in [0.2, 0.25) is 0 Å². The Morgan fingerprint density at radius 3 is 2.83 bits per heavy atom. The smallest absolute Gasteiger partial charge is 0.387 e. The Bertz CT molecular complexity index is 524. The lowest BCUT2D eigenvalue weighted by molar-refractivity contribution is -0.125. The molecule has 1 aromatic rings. The molecule has 8 heteroatoms. The largest absolute Gasteiger partial charge is 0.493 e. The van der Waals surface area contributed by atoms with Crippen molar-refractivity contribution in [3.63, 3.8) is 0 Å². The van der Waals surface area contributed by atoms with Crippen molar-refractivity contribution in [3.05, 3.63) is 23.8 Å². The van der Waals surface area contributed by atoms with E-state index in [1.165, 1.54) is 31.5 Å². The molecule has 0 unspecified atom stereocenters. The predicted octanol–water partition coefficient (Wildman–Crippen LogP) is 2.56. The van der Waals surface area contributed by atoms with Crippen LogP contribution in [0, 0.1) is 0 Å². The Labute approximate surface area is 133 Å². The molecule has 0 spiro atoms. The molecule has 6 nitrogen and oxygen atoms in total. The van der Waals surface area contributed by atoms with Crippen molar-refractivity contribution in [3.8, 4) is 11.5 Å². The molecule has 23 heavy (non-hydrogen) atoms. The van der Waals surface area contributed by atoms with Gasteiger partial charge in [0, 0.05) is 12.1 Å². The van der Waals surface area contributed by atoms with Gasteiger partial charge in [-0.1, -0.05) is 18.5 Å². The van der Waals surface area contributed by atoms with E-state index >= 15 is 0 Å². The standard InChI is InChI=1S/C15H20F2N2O4/c1-3-4-7-18-14(20)10-22-19-9-11-5-6-12(23-15(16)17)13(8-11)21-2/h5-6,8-9,15H,3-4,7,10H2,1-2H3,(H,18,20). The summed E-state index contributed by atoms with van der Waals surface area (Å²) < 4.78 is 33.7. The number of ether oxygens (including phenoxy) is 2. The lowest BCUT2D eigenvalue weighted by atomic mass is 10.2. The first-order valence-electron chi connectivity index (χ1n) is 7.11. The van der Waals surface area contributed by atoms with Crippen LogP contribution in [0.2, 0.25) is 0 Å². The number of amides is 1. The number of nitrogens with zero attached hydrogens (tertiary/aromatic N) is 1. The highest BCUT2D eigenvalue weighted by molar-refractivity contribution is 5.81. The van der Waals surface area contributed by atoms with Gasteiger partial charge in [-0.25, -0.2) is 0 Å². The second-order valence-corrected chi connectivity index (χ2v) is 4.50. The van der Waals surface area contributed by atoms with Gasteiger partial charge in [0.05, 0.1) is 13.3 Å². The van der Waals surface area contributed by atoms with E-state index in [9.17, 15) is 13.6 Å². The quantitative estimate of drug-likeness (QED) is 0.407. The highest BCUT2D eigenvalue weighted by Crippen LogP contribution is 2.28. The normalized spacial score (nSPS) is 10.8. The van der Waals surface area contributed by atoms with E-state index in [1.54, 1.807) is 0 Å². The average molecular weight is 330 g/mol. The van der Waals surface area contributed by atoms with E-state index in [1.807, 2.05) is 6.92 Å². The Morgan fingerprint density at radius 2 is 2.17 bits per heavy atom. The van der Waals surface area contributed by atoms with Gasteiger partial charge in [-0.2, -0.15) is 8.78 Å². The molecule has 0 saturated carbocycles. The number of alkyl halides is 2. The van der Waals surface area contributed by atoms with Gasteiger partial charge in [0.25, 0.3) is 5.91 Å². The number of hydrogen-bond donors (Lipinski definition) is 1. The van der Waals surface area contributed by atoms with Crippen molar-refractivity contribution < 1.29 is 27.9 Å². The van der Waals surface area contributed by atoms with Crippen LogP contribution in [0.4, 0.5) is 8.78 Å². The van der Waals surface area contributed by atoms with E-state index in [2.05, 4.69) is 15.2 Å². The van der Waals surface area contributed by atoms with Crippen molar-refractivity contribution >= 4 is 12.1 Å². The molecular weight excluding hydrogens is 310 g/mol. The molecule has 0 aliphatic carbocycles. The Balaban J connectivity index is 2.48. The molecule has 1 aromatic carbocycles. The van der Waals surface area contributed by atoms with Gasteiger partial charge >= 0.3 is 6.61 Å². The molecule has 1 N–H and O–H groups in total. The predicted molar refractivity (Wildman–Crippen MR) is 81.1 cm³/mol. The van der Waals surface area contributed by atoms with Crippen LogP contribution >= 0.6 is 0 Å². The summed E-state index contributed by atoms with van der Waals surface area (Å²) >= 11 is 0. The second kappa shape index (κ2) is 10.4. The molecule has 0 aromatic heterocycles. The molecule has 0 aliphatic heterocycles. The highest BCUT2D eigenvalue weighted by Gasteiger charge is 2.10. The van der Waals surface area contributed by atoms with Gasteiger partial charge in [-0.05, 0) is 24.6 Å². The summed E-state index contributed by atoms with van der Waals surface area (Å²) in [6, 6.07) is 4.31. The first-order chi connectivity index (χ1) is 11.1. The number of nitrogens with one attached hydrogen (secondary N) is 1. The monoisotopic (exact) mass is 330 g/mol. The number of oxime groups is 1. The lowest BCUT2D eigenvalue weighted by Gasteiger charge is -2.09. The number of carbonyl (C=O) groups excluding carboxylic acids is 1. The third-order valence-electron chi connectivity index (χ3n) is 2.73. The van der Waals surface area contributed by atoms with Crippen molar-refractivity contribution in [2.24, 2.45) is 5.16 Å². The zero-order valence-electron chi connectivity index (χ0n) is 13.1. The summed E-state index contributed by atoms with van der Waals surface area (Å²) in [5.74, 6) is -0.184. The minimum absolute atomic E-state index is 0.0733.